The van der Waals surface area contributed by atoms with E-state index in [0.29, 0.717) is 12.6 Å². The summed E-state index contributed by atoms with van der Waals surface area (Å²) in [5.41, 5.74) is 1.45. The van der Waals surface area contributed by atoms with Crippen LogP contribution >= 0.6 is 11.3 Å². The van der Waals surface area contributed by atoms with E-state index < -0.39 is 0 Å². The van der Waals surface area contributed by atoms with Crippen LogP contribution in [0.3, 0.4) is 0 Å². The van der Waals surface area contributed by atoms with Gasteiger partial charge < -0.3 is 15.0 Å². The summed E-state index contributed by atoms with van der Waals surface area (Å²) in [5, 5.41) is 4.88. The topological polar surface area (TPSA) is 67.3 Å². The molecule has 6 nitrogen and oxygen atoms in total. The van der Waals surface area contributed by atoms with E-state index in [0.717, 1.165) is 48.8 Å². The fourth-order valence-corrected chi connectivity index (χ4v) is 5.13. The molecule has 0 bridgehead atoms. The number of nitrogens with zero attached hydrogens (tertiary/aromatic N) is 3. The number of thiophene rings is 1. The van der Waals surface area contributed by atoms with Crippen LogP contribution in [0.15, 0.2) is 0 Å². The lowest BCUT2D eigenvalue weighted by atomic mass is 10.0. The maximum atomic E-state index is 11.8. The van der Waals surface area contributed by atoms with Crippen molar-refractivity contribution in [2.75, 3.05) is 25.0 Å². The summed E-state index contributed by atoms with van der Waals surface area (Å²) in [6, 6.07) is 0.333. The molecule has 0 spiro atoms. The average molecular weight is 360 g/mol. The zero-order chi connectivity index (χ0) is 17.4. The van der Waals surface area contributed by atoms with Gasteiger partial charge >= 0.3 is 6.09 Å². The normalized spacial score (nSPS) is 17.8. The Labute approximate surface area is 151 Å². The number of amides is 1. The smallest absolute Gasteiger partial charge is 0.409 e. The Morgan fingerprint density at radius 3 is 2.88 bits per heavy atom. The first-order chi connectivity index (χ1) is 12.2. The van der Waals surface area contributed by atoms with Gasteiger partial charge in [-0.15, -0.1) is 11.3 Å². The van der Waals surface area contributed by atoms with E-state index in [9.17, 15) is 4.79 Å². The Morgan fingerprint density at radius 1 is 1.32 bits per heavy atom. The molecule has 4 rings (SSSR count). The molecule has 1 fully saturated rings. The lowest BCUT2D eigenvalue weighted by Crippen LogP contribution is -2.42. The molecule has 0 saturated carbocycles. The minimum absolute atomic E-state index is 0.197. The van der Waals surface area contributed by atoms with Crippen molar-refractivity contribution in [3.63, 3.8) is 0 Å². The van der Waals surface area contributed by atoms with E-state index in [-0.39, 0.29) is 6.09 Å². The van der Waals surface area contributed by atoms with Gasteiger partial charge in [0.25, 0.3) is 0 Å². The summed E-state index contributed by atoms with van der Waals surface area (Å²) in [6.07, 6.45) is 5.18. The number of ether oxygens (including phenoxy) is 1. The van der Waals surface area contributed by atoms with Gasteiger partial charge in [0.05, 0.1) is 12.0 Å². The Bertz CT molecular complexity index is 796. The standard InChI is InChI=1S/C18H24N4O2S/c1-3-24-18(23)22-9-7-12(8-10-22)21-16-15-13-5-4-6-14(13)25-17(15)20-11(2)19-16/h12H,3-10H2,1-2H3,(H,19,20,21). The van der Waals surface area contributed by atoms with Gasteiger partial charge in [-0.25, -0.2) is 14.8 Å². The van der Waals surface area contributed by atoms with Crippen LogP contribution < -0.4 is 5.32 Å². The van der Waals surface area contributed by atoms with Crippen molar-refractivity contribution in [2.45, 2.75) is 52.0 Å². The summed E-state index contributed by atoms with van der Waals surface area (Å²) in [7, 11) is 0. The lowest BCUT2D eigenvalue weighted by Gasteiger charge is -2.32. The monoisotopic (exact) mass is 360 g/mol. The number of carbonyl (C=O) groups excluding carboxylic acids is 1. The molecule has 7 heteroatoms. The molecule has 1 aliphatic carbocycles. The van der Waals surface area contributed by atoms with Crippen LogP contribution in [-0.4, -0.2) is 46.7 Å². The number of aromatic nitrogens is 2. The molecule has 1 amide bonds. The summed E-state index contributed by atoms with van der Waals surface area (Å²) < 4.78 is 5.10. The van der Waals surface area contributed by atoms with Crippen molar-refractivity contribution in [1.29, 1.82) is 0 Å². The largest absolute Gasteiger partial charge is 0.450 e. The van der Waals surface area contributed by atoms with Gasteiger partial charge in [0, 0.05) is 24.0 Å². The van der Waals surface area contributed by atoms with Crippen molar-refractivity contribution < 1.29 is 9.53 Å². The molecule has 2 aliphatic rings. The molecule has 2 aromatic rings. The van der Waals surface area contributed by atoms with E-state index in [1.165, 1.54) is 28.7 Å². The lowest BCUT2D eigenvalue weighted by molar-refractivity contribution is 0.0983. The number of fused-ring (bicyclic) bond motifs is 3. The number of anilines is 1. The first-order valence-corrected chi connectivity index (χ1v) is 9.94. The molecule has 134 valence electrons. The maximum absolute atomic E-state index is 11.8. The predicted octanol–water partition coefficient (Wildman–Crippen LogP) is 3.52. The summed E-state index contributed by atoms with van der Waals surface area (Å²) >= 11 is 1.83. The van der Waals surface area contributed by atoms with Gasteiger partial charge in [-0.05, 0) is 51.5 Å². The first kappa shape index (κ1) is 16.6. The molecule has 1 N–H and O–H groups in total. The van der Waals surface area contributed by atoms with Crippen LogP contribution in [0.1, 0.15) is 42.5 Å². The highest BCUT2D eigenvalue weighted by Gasteiger charge is 2.26. The fraction of sp³-hybridized carbons (Fsp3) is 0.611. The van der Waals surface area contributed by atoms with Crippen LogP contribution in [0.4, 0.5) is 10.6 Å². The van der Waals surface area contributed by atoms with Crippen molar-refractivity contribution >= 4 is 33.5 Å². The van der Waals surface area contributed by atoms with Crippen molar-refractivity contribution in [3.05, 3.63) is 16.3 Å². The fourth-order valence-electron chi connectivity index (χ4n) is 3.82. The molecule has 25 heavy (non-hydrogen) atoms. The minimum atomic E-state index is -0.197. The second-order valence-electron chi connectivity index (χ2n) is 6.76. The van der Waals surface area contributed by atoms with E-state index in [1.807, 2.05) is 25.2 Å². The van der Waals surface area contributed by atoms with Crippen LogP contribution in [-0.2, 0) is 17.6 Å². The zero-order valence-corrected chi connectivity index (χ0v) is 15.6. The highest BCUT2D eigenvalue weighted by molar-refractivity contribution is 7.19. The second-order valence-corrected chi connectivity index (χ2v) is 7.85. The van der Waals surface area contributed by atoms with Gasteiger partial charge in [0.1, 0.15) is 16.5 Å². The van der Waals surface area contributed by atoms with Crippen molar-refractivity contribution in [2.24, 2.45) is 0 Å². The number of aryl methyl sites for hydroxylation is 3. The Morgan fingerprint density at radius 2 is 2.12 bits per heavy atom. The Kier molecular flexibility index (Phi) is 4.50. The van der Waals surface area contributed by atoms with Gasteiger partial charge in [-0.2, -0.15) is 0 Å². The average Bonchev–Trinajstić information content (AvgIpc) is 3.16. The molecule has 0 unspecified atom stereocenters. The third kappa shape index (κ3) is 3.17. The molecule has 1 saturated heterocycles. The molecule has 0 atom stereocenters. The Hall–Kier alpha value is -1.89. The zero-order valence-electron chi connectivity index (χ0n) is 14.8. The molecule has 0 aromatic carbocycles. The molecule has 2 aromatic heterocycles. The van der Waals surface area contributed by atoms with E-state index in [2.05, 4.69) is 10.3 Å². The summed E-state index contributed by atoms with van der Waals surface area (Å²) in [4.78, 5) is 25.6. The first-order valence-electron chi connectivity index (χ1n) is 9.13. The predicted molar refractivity (Wildman–Crippen MR) is 99.4 cm³/mol. The highest BCUT2D eigenvalue weighted by atomic mass is 32.1. The van der Waals surface area contributed by atoms with E-state index in [1.54, 1.807) is 4.90 Å². The summed E-state index contributed by atoms with van der Waals surface area (Å²) in [5.74, 6) is 1.80. The quantitative estimate of drug-likeness (QED) is 0.907. The third-order valence-electron chi connectivity index (χ3n) is 5.04. The second kappa shape index (κ2) is 6.78. The molecule has 3 heterocycles. The number of carbonyl (C=O) groups is 1. The minimum Gasteiger partial charge on any atom is -0.450 e. The maximum Gasteiger partial charge on any atom is 0.409 e. The van der Waals surface area contributed by atoms with Crippen LogP contribution in [0.5, 0.6) is 0 Å². The van der Waals surface area contributed by atoms with Gasteiger partial charge in [0.15, 0.2) is 0 Å². The van der Waals surface area contributed by atoms with E-state index >= 15 is 0 Å². The van der Waals surface area contributed by atoms with Crippen LogP contribution in [0, 0.1) is 6.92 Å². The van der Waals surface area contributed by atoms with Crippen LogP contribution in [0.2, 0.25) is 0 Å². The number of likely N-dealkylation sites (tertiary alicyclic amines) is 1. The summed E-state index contributed by atoms with van der Waals surface area (Å²) in [6.45, 7) is 5.68. The number of nitrogens with one attached hydrogen (secondary N) is 1. The highest BCUT2D eigenvalue weighted by Crippen LogP contribution is 2.39. The van der Waals surface area contributed by atoms with Crippen molar-refractivity contribution in [3.8, 4) is 0 Å². The molecule has 0 radical (unpaired) electrons. The number of hydrogen-bond acceptors (Lipinski definition) is 6. The van der Waals surface area contributed by atoms with Gasteiger partial charge in [-0.1, -0.05) is 0 Å². The Balaban J connectivity index is 1.51. The molecular formula is C18H24N4O2S. The number of piperidine rings is 1. The molecular weight excluding hydrogens is 336 g/mol. The number of rotatable bonds is 3. The third-order valence-corrected chi connectivity index (χ3v) is 6.22. The van der Waals surface area contributed by atoms with Gasteiger partial charge in [-0.3, -0.25) is 0 Å². The van der Waals surface area contributed by atoms with Gasteiger partial charge in [0.2, 0.25) is 0 Å². The van der Waals surface area contributed by atoms with E-state index in [4.69, 9.17) is 9.72 Å². The number of hydrogen-bond donors (Lipinski definition) is 1. The SMILES string of the molecule is CCOC(=O)N1CCC(Nc2nc(C)nc3sc4c(c23)CCC4)CC1. The van der Waals surface area contributed by atoms with Crippen LogP contribution in [0.25, 0.3) is 10.2 Å². The molecule has 1 aliphatic heterocycles. The van der Waals surface area contributed by atoms with Crippen molar-refractivity contribution in [1.82, 2.24) is 14.9 Å².